The van der Waals surface area contributed by atoms with Crippen LogP contribution in [0.5, 0.6) is 0 Å². The van der Waals surface area contributed by atoms with Gasteiger partial charge in [0, 0.05) is 6.42 Å². The highest BCUT2D eigenvalue weighted by molar-refractivity contribution is 5.76. The zero-order valence-electron chi connectivity index (χ0n) is 41.6. The van der Waals surface area contributed by atoms with Crippen molar-refractivity contribution < 1.29 is 39.8 Å². The summed E-state index contributed by atoms with van der Waals surface area (Å²) in [4.78, 5) is 13.0. The van der Waals surface area contributed by atoms with E-state index in [0.717, 1.165) is 38.5 Å². The number of unbranched alkanes of at least 4 members (excludes halogenated alkanes) is 38. The highest BCUT2D eigenvalue weighted by Crippen LogP contribution is 2.23. The van der Waals surface area contributed by atoms with Gasteiger partial charge in [-0.15, -0.1) is 0 Å². The van der Waals surface area contributed by atoms with Crippen molar-refractivity contribution in [2.24, 2.45) is 0 Å². The predicted octanol–water partition coefficient (Wildman–Crippen LogP) is 13.1. The smallest absolute Gasteiger partial charge is 0.220 e. The average Bonchev–Trinajstić information content (AvgIpc) is 3.28. The Balaban J connectivity index is 2.05. The first kappa shape index (κ1) is 60.2. The van der Waals surface area contributed by atoms with Crippen LogP contribution in [0, 0.1) is 0 Å². The number of amides is 1. The topological polar surface area (TPSA) is 149 Å². The van der Waals surface area contributed by atoms with Crippen LogP contribution in [0.3, 0.4) is 0 Å². The number of carbonyl (C=O) groups is 1. The zero-order chi connectivity index (χ0) is 45.9. The van der Waals surface area contributed by atoms with Gasteiger partial charge in [0.25, 0.3) is 0 Å². The number of nitrogens with one attached hydrogen (secondary N) is 1. The van der Waals surface area contributed by atoms with Crippen LogP contribution in [0.1, 0.15) is 284 Å². The molecule has 376 valence electrons. The molecule has 1 aliphatic rings. The van der Waals surface area contributed by atoms with Crippen molar-refractivity contribution >= 4 is 5.91 Å². The lowest BCUT2D eigenvalue weighted by Gasteiger charge is -2.40. The van der Waals surface area contributed by atoms with E-state index in [4.69, 9.17) is 9.47 Å². The van der Waals surface area contributed by atoms with Gasteiger partial charge in [0.1, 0.15) is 24.4 Å². The number of hydrogen-bond donors (Lipinski definition) is 6. The molecule has 0 aromatic heterocycles. The van der Waals surface area contributed by atoms with Gasteiger partial charge in [-0.2, -0.15) is 0 Å². The van der Waals surface area contributed by atoms with E-state index in [1.54, 1.807) is 0 Å². The lowest BCUT2D eigenvalue weighted by molar-refractivity contribution is -0.302. The summed E-state index contributed by atoms with van der Waals surface area (Å²) < 4.78 is 11.3. The number of ether oxygens (including phenoxy) is 2. The summed E-state index contributed by atoms with van der Waals surface area (Å²) in [6.45, 7) is 3.84. The van der Waals surface area contributed by atoms with Gasteiger partial charge in [-0.1, -0.05) is 264 Å². The first-order chi connectivity index (χ1) is 30.8. The van der Waals surface area contributed by atoms with Crippen molar-refractivity contribution in [1.29, 1.82) is 0 Å². The monoisotopic (exact) mass is 898 g/mol. The van der Waals surface area contributed by atoms with Gasteiger partial charge < -0.3 is 40.3 Å². The third kappa shape index (κ3) is 35.1. The summed E-state index contributed by atoms with van der Waals surface area (Å²) in [5, 5.41) is 54.3. The second kappa shape index (κ2) is 45.0. The molecule has 0 saturated carbocycles. The maximum Gasteiger partial charge on any atom is 0.220 e. The second-order valence-corrected chi connectivity index (χ2v) is 19.7. The van der Waals surface area contributed by atoms with Crippen LogP contribution >= 0.6 is 0 Å². The molecule has 63 heavy (non-hydrogen) atoms. The maximum absolute atomic E-state index is 13.0. The summed E-state index contributed by atoms with van der Waals surface area (Å²) in [6.07, 6.45) is 46.0. The van der Waals surface area contributed by atoms with Crippen molar-refractivity contribution in [2.75, 3.05) is 13.2 Å². The largest absolute Gasteiger partial charge is 0.394 e. The Morgan fingerprint density at radius 3 is 1.13 bits per heavy atom. The van der Waals surface area contributed by atoms with E-state index in [1.165, 1.54) is 218 Å². The van der Waals surface area contributed by atoms with Crippen LogP contribution < -0.4 is 5.32 Å². The van der Waals surface area contributed by atoms with Crippen molar-refractivity contribution in [3.8, 4) is 0 Å². The molecular formula is C54H107NO8. The van der Waals surface area contributed by atoms with Gasteiger partial charge in [-0.25, -0.2) is 0 Å². The molecule has 1 saturated heterocycles. The minimum Gasteiger partial charge on any atom is -0.394 e. The molecule has 1 aliphatic heterocycles. The molecule has 0 aromatic rings. The summed E-state index contributed by atoms with van der Waals surface area (Å²) >= 11 is 0. The van der Waals surface area contributed by atoms with Gasteiger partial charge in [-0.05, 0) is 12.8 Å². The minimum atomic E-state index is -1.55. The van der Waals surface area contributed by atoms with Crippen molar-refractivity contribution in [2.45, 2.75) is 326 Å². The molecule has 9 nitrogen and oxygen atoms in total. The van der Waals surface area contributed by atoms with Crippen molar-refractivity contribution in [3.63, 3.8) is 0 Å². The fraction of sp³-hybridized carbons (Fsp3) is 0.981. The quantitative estimate of drug-likeness (QED) is 0.0331. The van der Waals surface area contributed by atoms with Crippen LogP contribution in [-0.2, 0) is 14.3 Å². The Morgan fingerprint density at radius 1 is 0.476 bits per heavy atom. The van der Waals surface area contributed by atoms with Crippen molar-refractivity contribution in [3.05, 3.63) is 0 Å². The Morgan fingerprint density at radius 2 is 0.794 bits per heavy atom. The maximum atomic E-state index is 13.0. The van der Waals surface area contributed by atoms with Gasteiger partial charge in [-0.3, -0.25) is 4.79 Å². The van der Waals surface area contributed by atoms with Crippen LogP contribution in [0.25, 0.3) is 0 Å². The molecular weight excluding hydrogens is 791 g/mol. The standard InChI is InChI=1S/C54H107NO8/c1-3-5-7-9-11-13-14-15-16-17-18-19-20-21-22-23-24-25-26-27-28-29-30-31-32-33-34-36-38-40-42-44-50(58)55-47(48(57)43-41-39-37-35-12-10-8-6-4-2)46-62-54-53(61)52(60)51(59)49(45-56)63-54/h47-49,51-54,56-57,59-61H,3-46H2,1-2H3,(H,55,58)/t47-,48+,49+,51+,52?,53?,54+/m0/s1. The second-order valence-electron chi connectivity index (χ2n) is 19.7. The molecule has 1 heterocycles. The summed E-state index contributed by atoms with van der Waals surface area (Å²) in [7, 11) is 0. The SMILES string of the molecule is CCCCCCCCCCCCCCCCCCCCCCCCCCCCCCCCCC(=O)N[C@@H](CO[C@@H]1O[C@H](CO)[C@@H](O)C(O)C1O)[C@H](O)CCCCCCCCCCC. The molecule has 1 rings (SSSR count). The third-order valence-corrected chi connectivity index (χ3v) is 13.7. The molecule has 1 amide bonds. The molecule has 6 N–H and O–H groups in total. The third-order valence-electron chi connectivity index (χ3n) is 13.7. The van der Waals surface area contributed by atoms with Crippen LogP contribution in [0.4, 0.5) is 0 Å². The normalized spacial score (nSPS) is 20.0. The van der Waals surface area contributed by atoms with E-state index in [9.17, 15) is 30.3 Å². The summed E-state index contributed by atoms with van der Waals surface area (Å²) in [5.74, 6) is -0.140. The van der Waals surface area contributed by atoms with Gasteiger partial charge in [0.2, 0.25) is 5.91 Å². The molecule has 7 atom stereocenters. The van der Waals surface area contributed by atoms with Crippen LogP contribution in [-0.4, -0.2) is 87.5 Å². The molecule has 0 aliphatic carbocycles. The van der Waals surface area contributed by atoms with E-state index >= 15 is 0 Å². The van der Waals surface area contributed by atoms with E-state index in [1.807, 2.05) is 0 Å². The highest BCUT2D eigenvalue weighted by atomic mass is 16.7. The van der Waals surface area contributed by atoms with Crippen LogP contribution in [0.2, 0.25) is 0 Å². The van der Waals surface area contributed by atoms with Crippen LogP contribution in [0.15, 0.2) is 0 Å². The summed E-state index contributed by atoms with van der Waals surface area (Å²) in [5.41, 5.74) is 0. The van der Waals surface area contributed by atoms with E-state index in [-0.39, 0.29) is 12.5 Å². The molecule has 0 radical (unpaired) electrons. The Kier molecular flexibility index (Phi) is 43.0. The lowest BCUT2D eigenvalue weighted by atomic mass is 9.99. The molecule has 2 unspecified atom stereocenters. The number of hydrogen-bond acceptors (Lipinski definition) is 8. The number of rotatable bonds is 48. The van der Waals surface area contributed by atoms with Gasteiger partial charge in [0.05, 0.1) is 25.4 Å². The fourth-order valence-corrected chi connectivity index (χ4v) is 9.28. The minimum absolute atomic E-state index is 0.132. The fourth-order valence-electron chi connectivity index (χ4n) is 9.28. The Bertz CT molecular complexity index is 955. The zero-order valence-corrected chi connectivity index (χ0v) is 41.6. The average molecular weight is 898 g/mol. The van der Waals surface area contributed by atoms with Gasteiger partial charge in [0.15, 0.2) is 6.29 Å². The molecule has 9 heteroatoms. The Labute approximate surface area is 389 Å². The Hall–Kier alpha value is -0.810. The number of aliphatic hydroxyl groups is 5. The lowest BCUT2D eigenvalue weighted by Crippen LogP contribution is -2.60. The molecule has 0 spiro atoms. The van der Waals surface area contributed by atoms with Crippen molar-refractivity contribution in [1.82, 2.24) is 5.32 Å². The van der Waals surface area contributed by atoms with Gasteiger partial charge >= 0.3 is 0 Å². The van der Waals surface area contributed by atoms with E-state index in [0.29, 0.717) is 12.8 Å². The molecule has 0 aromatic carbocycles. The van der Waals surface area contributed by atoms with E-state index in [2.05, 4.69) is 19.2 Å². The number of carbonyl (C=O) groups excluding carboxylic acids is 1. The summed E-state index contributed by atoms with van der Waals surface area (Å²) in [6, 6.07) is -0.711. The first-order valence-electron chi connectivity index (χ1n) is 27.7. The molecule has 1 fully saturated rings. The number of aliphatic hydroxyl groups excluding tert-OH is 5. The molecule has 0 bridgehead atoms. The first-order valence-corrected chi connectivity index (χ1v) is 27.7. The predicted molar refractivity (Wildman–Crippen MR) is 263 cm³/mol. The highest BCUT2D eigenvalue weighted by Gasteiger charge is 2.44. The van der Waals surface area contributed by atoms with E-state index < -0.39 is 49.5 Å².